The Morgan fingerprint density at radius 1 is 1.64 bits per heavy atom. The van der Waals surface area contributed by atoms with Crippen LogP contribution in [-0.2, 0) is 7.05 Å². The van der Waals surface area contributed by atoms with Crippen LogP contribution in [0.4, 0.5) is 0 Å². The summed E-state index contributed by atoms with van der Waals surface area (Å²) in [5, 5.41) is 13.1. The normalized spacial score (nSPS) is 25.9. The minimum Gasteiger partial charge on any atom is -0.477 e. The van der Waals surface area contributed by atoms with Gasteiger partial charge in [0.1, 0.15) is 5.69 Å². The van der Waals surface area contributed by atoms with Gasteiger partial charge in [-0.2, -0.15) is 5.10 Å². The minimum absolute atomic E-state index is 0.277. The molecule has 1 aromatic rings. The Morgan fingerprint density at radius 3 is 2.71 bits per heavy atom. The first-order chi connectivity index (χ1) is 6.59. The second kappa shape index (κ2) is 3.12. The lowest BCUT2D eigenvalue weighted by Crippen LogP contribution is -2.21. The number of aryl methyl sites for hydroxylation is 1. The van der Waals surface area contributed by atoms with Gasteiger partial charge < -0.3 is 5.11 Å². The van der Waals surface area contributed by atoms with Crippen molar-refractivity contribution >= 4 is 5.97 Å². The van der Waals surface area contributed by atoms with Gasteiger partial charge in [0.2, 0.25) is 0 Å². The van der Waals surface area contributed by atoms with Crippen LogP contribution in [0.5, 0.6) is 0 Å². The fraction of sp³-hybridized carbons (Fsp3) is 0.600. The molecule has 14 heavy (non-hydrogen) atoms. The fourth-order valence-corrected chi connectivity index (χ4v) is 1.98. The molecule has 2 rings (SSSR count). The number of aromatic carboxylic acids is 1. The van der Waals surface area contributed by atoms with Crippen LogP contribution in [0.25, 0.3) is 0 Å². The summed E-state index contributed by atoms with van der Waals surface area (Å²) in [6, 6.07) is 1.70. The predicted octanol–water partition coefficient (Wildman–Crippen LogP) is 1.63. The van der Waals surface area contributed by atoms with Crippen molar-refractivity contribution < 1.29 is 9.90 Å². The maximum absolute atomic E-state index is 10.8. The highest BCUT2D eigenvalue weighted by Crippen LogP contribution is 2.41. The second-order valence-corrected chi connectivity index (χ2v) is 4.04. The third kappa shape index (κ3) is 1.31. The lowest BCUT2D eigenvalue weighted by atomic mass is 9.73. The van der Waals surface area contributed by atoms with Crippen LogP contribution in [0.3, 0.4) is 0 Å². The molecular formula is C10H14N2O2. The van der Waals surface area contributed by atoms with Crippen molar-refractivity contribution in [3.63, 3.8) is 0 Å². The molecule has 1 aliphatic rings. The van der Waals surface area contributed by atoms with E-state index in [4.69, 9.17) is 5.11 Å². The molecule has 0 unspecified atom stereocenters. The van der Waals surface area contributed by atoms with Crippen molar-refractivity contribution in [3.8, 4) is 0 Å². The average Bonchev–Trinajstić information content (AvgIpc) is 2.44. The summed E-state index contributed by atoms with van der Waals surface area (Å²) in [6.07, 6.45) is 2.36. The van der Waals surface area contributed by atoms with Gasteiger partial charge in [-0.05, 0) is 24.8 Å². The van der Waals surface area contributed by atoms with Crippen LogP contribution in [0, 0.1) is 5.92 Å². The van der Waals surface area contributed by atoms with Crippen LogP contribution in [0.15, 0.2) is 6.07 Å². The topological polar surface area (TPSA) is 55.1 Å². The van der Waals surface area contributed by atoms with Crippen molar-refractivity contribution in [1.29, 1.82) is 0 Å². The molecular weight excluding hydrogens is 180 g/mol. The first kappa shape index (κ1) is 9.24. The summed E-state index contributed by atoms with van der Waals surface area (Å²) in [6.45, 7) is 2.18. The van der Waals surface area contributed by atoms with Gasteiger partial charge in [-0.1, -0.05) is 6.92 Å². The Kier molecular flexibility index (Phi) is 2.06. The van der Waals surface area contributed by atoms with Crippen molar-refractivity contribution in [3.05, 3.63) is 17.5 Å². The summed E-state index contributed by atoms with van der Waals surface area (Å²) in [7, 11) is 1.68. The van der Waals surface area contributed by atoms with Gasteiger partial charge in [-0.25, -0.2) is 4.79 Å². The predicted molar refractivity (Wildman–Crippen MR) is 51.3 cm³/mol. The molecule has 0 bridgehead atoms. The van der Waals surface area contributed by atoms with Gasteiger partial charge in [0.15, 0.2) is 0 Å². The number of aromatic nitrogens is 2. The molecule has 1 N–H and O–H groups in total. The summed E-state index contributed by atoms with van der Waals surface area (Å²) >= 11 is 0. The Balaban J connectivity index is 2.28. The molecule has 1 saturated carbocycles. The highest BCUT2D eigenvalue weighted by Gasteiger charge is 2.31. The summed E-state index contributed by atoms with van der Waals surface area (Å²) in [4.78, 5) is 10.8. The fourth-order valence-electron chi connectivity index (χ4n) is 1.98. The highest BCUT2D eigenvalue weighted by molar-refractivity contribution is 5.85. The van der Waals surface area contributed by atoms with Crippen LogP contribution < -0.4 is 0 Å². The summed E-state index contributed by atoms with van der Waals surface area (Å²) in [5.74, 6) is 0.207. The molecule has 1 heterocycles. The van der Waals surface area contributed by atoms with E-state index in [9.17, 15) is 4.79 Å². The van der Waals surface area contributed by atoms with Crippen molar-refractivity contribution in [2.75, 3.05) is 0 Å². The molecule has 0 amide bonds. The number of carboxylic acids is 1. The second-order valence-electron chi connectivity index (χ2n) is 4.04. The van der Waals surface area contributed by atoms with Gasteiger partial charge in [0.25, 0.3) is 0 Å². The van der Waals surface area contributed by atoms with E-state index < -0.39 is 5.97 Å². The molecule has 1 aliphatic carbocycles. The van der Waals surface area contributed by atoms with Crippen LogP contribution in [0.1, 0.15) is 41.9 Å². The largest absolute Gasteiger partial charge is 0.477 e. The zero-order chi connectivity index (χ0) is 10.3. The lowest BCUT2D eigenvalue weighted by molar-refractivity contribution is 0.0685. The Morgan fingerprint density at radius 2 is 2.36 bits per heavy atom. The Hall–Kier alpha value is -1.32. The summed E-state index contributed by atoms with van der Waals surface area (Å²) in [5.41, 5.74) is 1.21. The molecule has 2 atom stereocenters. The Bertz CT molecular complexity index is 370. The molecule has 4 heteroatoms. The molecule has 0 aliphatic heterocycles. The maximum Gasteiger partial charge on any atom is 0.354 e. The number of nitrogens with zero attached hydrogens (tertiary/aromatic N) is 2. The zero-order valence-electron chi connectivity index (χ0n) is 8.40. The van der Waals surface area contributed by atoms with E-state index in [1.54, 1.807) is 13.1 Å². The van der Waals surface area contributed by atoms with E-state index in [1.807, 2.05) is 0 Å². The SMILES string of the molecule is C[C@@H]1CC[C@H]1c1cc(C(=O)O)n(C)n1. The van der Waals surface area contributed by atoms with Crippen LogP contribution >= 0.6 is 0 Å². The maximum atomic E-state index is 10.8. The number of hydrogen-bond donors (Lipinski definition) is 1. The molecule has 1 aromatic heterocycles. The van der Waals surface area contributed by atoms with Crippen LogP contribution in [-0.4, -0.2) is 20.9 Å². The number of carboxylic acid groups (broad SMARTS) is 1. The Labute approximate surface area is 82.5 Å². The summed E-state index contributed by atoms with van der Waals surface area (Å²) < 4.78 is 1.45. The van der Waals surface area contributed by atoms with E-state index in [-0.39, 0.29) is 5.69 Å². The zero-order valence-corrected chi connectivity index (χ0v) is 8.40. The number of hydrogen-bond acceptors (Lipinski definition) is 2. The highest BCUT2D eigenvalue weighted by atomic mass is 16.4. The van der Waals surface area contributed by atoms with Gasteiger partial charge >= 0.3 is 5.97 Å². The third-order valence-corrected chi connectivity index (χ3v) is 3.12. The molecule has 0 radical (unpaired) electrons. The monoisotopic (exact) mass is 194 g/mol. The van der Waals surface area contributed by atoms with E-state index in [0.717, 1.165) is 12.1 Å². The van der Waals surface area contributed by atoms with Crippen LogP contribution in [0.2, 0.25) is 0 Å². The number of rotatable bonds is 2. The molecule has 76 valence electrons. The van der Waals surface area contributed by atoms with E-state index in [2.05, 4.69) is 12.0 Å². The van der Waals surface area contributed by atoms with E-state index in [1.165, 1.54) is 11.1 Å². The van der Waals surface area contributed by atoms with Gasteiger partial charge in [-0.3, -0.25) is 4.68 Å². The van der Waals surface area contributed by atoms with Gasteiger partial charge in [0, 0.05) is 13.0 Å². The quantitative estimate of drug-likeness (QED) is 0.778. The van der Waals surface area contributed by atoms with E-state index in [0.29, 0.717) is 11.8 Å². The third-order valence-electron chi connectivity index (χ3n) is 3.12. The van der Waals surface area contributed by atoms with Gasteiger partial charge in [0.05, 0.1) is 5.69 Å². The lowest BCUT2D eigenvalue weighted by Gasteiger charge is -2.32. The molecule has 1 fully saturated rings. The molecule has 0 aromatic carbocycles. The first-order valence-corrected chi connectivity index (χ1v) is 4.87. The van der Waals surface area contributed by atoms with E-state index >= 15 is 0 Å². The smallest absolute Gasteiger partial charge is 0.354 e. The minimum atomic E-state index is -0.904. The number of carbonyl (C=O) groups is 1. The molecule has 0 saturated heterocycles. The average molecular weight is 194 g/mol. The van der Waals surface area contributed by atoms with Gasteiger partial charge in [-0.15, -0.1) is 0 Å². The molecule has 0 spiro atoms. The van der Waals surface area contributed by atoms with Crippen molar-refractivity contribution in [2.24, 2.45) is 13.0 Å². The van der Waals surface area contributed by atoms with Crippen molar-refractivity contribution in [1.82, 2.24) is 9.78 Å². The first-order valence-electron chi connectivity index (χ1n) is 4.87. The standard InChI is InChI=1S/C10H14N2O2/c1-6-3-4-7(6)8-5-9(10(13)14)12(2)11-8/h5-7H,3-4H2,1-2H3,(H,13,14)/t6-,7-/m1/s1. The van der Waals surface area contributed by atoms with Crippen molar-refractivity contribution in [2.45, 2.75) is 25.7 Å². The molecule has 4 nitrogen and oxygen atoms in total.